The van der Waals surface area contributed by atoms with E-state index in [-0.39, 0.29) is 5.56 Å². The number of hydrogen-bond acceptors (Lipinski definition) is 3. The van der Waals surface area contributed by atoms with Crippen molar-refractivity contribution in [1.82, 2.24) is 0 Å². The molecule has 0 saturated heterocycles. The fraction of sp³-hybridized carbons (Fsp3) is 0. The molecule has 0 atom stereocenters. The lowest BCUT2D eigenvalue weighted by Gasteiger charge is -2.12. The number of carbonyl (C=O) groups is 1. The topological polar surface area (TPSA) is 75.4 Å². The average molecular weight is 297 g/mol. The van der Waals surface area contributed by atoms with Crippen LogP contribution < -0.4 is 11.1 Å². The molecule has 0 radical (unpaired) electrons. The minimum atomic E-state index is -1.03. The van der Waals surface area contributed by atoms with Crippen LogP contribution in [0, 0.1) is 0 Å². The Balaban J connectivity index is 2.40. The van der Waals surface area contributed by atoms with Crippen LogP contribution in [0.5, 0.6) is 0 Å². The van der Waals surface area contributed by atoms with Crippen molar-refractivity contribution < 1.29 is 9.90 Å². The molecular formula is C13H10Cl2N2O2. The molecule has 0 spiro atoms. The Morgan fingerprint density at radius 2 is 1.89 bits per heavy atom. The number of nitrogens with one attached hydrogen (secondary N) is 1. The van der Waals surface area contributed by atoms with Crippen molar-refractivity contribution in [3.8, 4) is 0 Å². The summed E-state index contributed by atoms with van der Waals surface area (Å²) in [4.78, 5) is 10.9. The summed E-state index contributed by atoms with van der Waals surface area (Å²) < 4.78 is 0. The van der Waals surface area contributed by atoms with Gasteiger partial charge < -0.3 is 16.2 Å². The molecule has 0 unspecified atom stereocenters. The number of halogens is 2. The van der Waals surface area contributed by atoms with E-state index in [1.54, 1.807) is 18.2 Å². The highest BCUT2D eigenvalue weighted by Crippen LogP contribution is 2.33. The standard InChI is InChI=1S/C13H10Cl2N2O2/c14-8-2-1-3-10(12(8)15)17-11-6-7(13(18)19)4-5-9(11)16/h1-6,17H,16H2,(H,18,19). The Morgan fingerprint density at radius 1 is 1.16 bits per heavy atom. The van der Waals surface area contributed by atoms with Crippen LogP contribution in [0.15, 0.2) is 36.4 Å². The lowest BCUT2D eigenvalue weighted by atomic mass is 10.1. The number of benzene rings is 2. The fourth-order valence-electron chi connectivity index (χ4n) is 1.54. The third-order valence-corrected chi connectivity index (χ3v) is 3.34. The molecule has 0 saturated carbocycles. The first-order valence-electron chi connectivity index (χ1n) is 5.33. The number of rotatable bonds is 3. The SMILES string of the molecule is Nc1ccc(C(=O)O)cc1Nc1cccc(Cl)c1Cl. The van der Waals surface area contributed by atoms with Gasteiger partial charge in [-0.25, -0.2) is 4.79 Å². The molecule has 0 aliphatic rings. The van der Waals surface area contributed by atoms with Crippen molar-refractivity contribution >= 4 is 46.2 Å². The van der Waals surface area contributed by atoms with Gasteiger partial charge in [-0.2, -0.15) is 0 Å². The number of hydrogen-bond donors (Lipinski definition) is 3. The van der Waals surface area contributed by atoms with Crippen molar-refractivity contribution in [2.75, 3.05) is 11.1 Å². The maximum Gasteiger partial charge on any atom is 0.335 e. The Morgan fingerprint density at radius 3 is 2.58 bits per heavy atom. The van der Waals surface area contributed by atoms with Crippen molar-refractivity contribution in [2.24, 2.45) is 0 Å². The van der Waals surface area contributed by atoms with Crippen LogP contribution in [0.25, 0.3) is 0 Å². The van der Waals surface area contributed by atoms with Crippen LogP contribution in [-0.2, 0) is 0 Å². The maximum atomic E-state index is 10.9. The molecule has 4 nitrogen and oxygen atoms in total. The van der Waals surface area contributed by atoms with Crippen LogP contribution in [0.4, 0.5) is 17.1 Å². The summed E-state index contributed by atoms with van der Waals surface area (Å²) >= 11 is 12.0. The fourth-order valence-corrected chi connectivity index (χ4v) is 1.89. The van der Waals surface area contributed by atoms with E-state index in [4.69, 9.17) is 34.0 Å². The average Bonchev–Trinajstić information content (AvgIpc) is 2.37. The number of nitrogen functional groups attached to an aromatic ring is 1. The van der Waals surface area contributed by atoms with E-state index in [0.29, 0.717) is 27.1 Å². The maximum absolute atomic E-state index is 10.9. The molecule has 2 aromatic rings. The van der Waals surface area contributed by atoms with Crippen LogP contribution in [0.3, 0.4) is 0 Å². The first kappa shape index (κ1) is 13.5. The summed E-state index contributed by atoms with van der Waals surface area (Å²) in [5, 5.41) is 12.7. The van der Waals surface area contributed by atoms with Gasteiger partial charge in [-0.15, -0.1) is 0 Å². The van der Waals surface area contributed by atoms with Gasteiger partial charge in [0.2, 0.25) is 0 Å². The number of anilines is 3. The second-order valence-corrected chi connectivity index (χ2v) is 4.62. The van der Waals surface area contributed by atoms with Crippen molar-refractivity contribution in [3.05, 3.63) is 52.0 Å². The molecule has 0 aromatic heterocycles. The van der Waals surface area contributed by atoms with Crippen LogP contribution in [0.2, 0.25) is 10.0 Å². The minimum absolute atomic E-state index is 0.134. The van der Waals surface area contributed by atoms with Gasteiger partial charge in [0.25, 0.3) is 0 Å². The molecule has 4 N–H and O–H groups in total. The van der Waals surface area contributed by atoms with E-state index >= 15 is 0 Å². The lowest BCUT2D eigenvalue weighted by Crippen LogP contribution is -2.01. The lowest BCUT2D eigenvalue weighted by molar-refractivity contribution is 0.0697. The summed E-state index contributed by atoms with van der Waals surface area (Å²) in [6.45, 7) is 0. The van der Waals surface area contributed by atoms with Crippen LogP contribution >= 0.6 is 23.2 Å². The zero-order chi connectivity index (χ0) is 14.0. The third-order valence-electron chi connectivity index (χ3n) is 2.52. The molecule has 2 rings (SSSR count). The second kappa shape index (κ2) is 5.38. The van der Waals surface area contributed by atoms with Gasteiger partial charge in [-0.05, 0) is 30.3 Å². The molecule has 0 amide bonds. The molecule has 0 aliphatic heterocycles. The smallest absolute Gasteiger partial charge is 0.335 e. The molecule has 6 heteroatoms. The van der Waals surface area contributed by atoms with Crippen LogP contribution in [0.1, 0.15) is 10.4 Å². The molecule has 0 bridgehead atoms. The predicted octanol–water partition coefficient (Wildman–Crippen LogP) is 4.02. The van der Waals surface area contributed by atoms with Crippen LogP contribution in [-0.4, -0.2) is 11.1 Å². The number of carboxylic acids is 1. The highest BCUT2D eigenvalue weighted by atomic mass is 35.5. The van der Waals surface area contributed by atoms with E-state index < -0.39 is 5.97 Å². The normalized spacial score (nSPS) is 10.2. The first-order valence-corrected chi connectivity index (χ1v) is 6.08. The zero-order valence-electron chi connectivity index (χ0n) is 9.65. The predicted molar refractivity (Wildman–Crippen MR) is 77.6 cm³/mol. The van der Waals surface area contributed by atoms with Gasteiger partial charge in [-0.1, -0.05) is 29.3 Å². The minimum Gasteiger partial charge on any atom is -0.478 e. The molecule has 98 valence electrons. The summed E-state index contributed by atoms with van der Waals surface area (Å²) in [6, 6.07) is 9.50. The molecule has 0 heterocycles. The van der Waals surface area contributed by atoms with E-state index in [1.165, 1.54) is 18.2 Å². The summed E-state index contributed by atoms with van der Waals surface area (Å²) in [5.41, 5.74) is 7.37. The summed E-state index contributed by atoms with van der Waals surface area (Å²) in [7, 11) is 0. The van der Waals surface area contributed by atoms with Crippen molar-refractivity contribution in [1.29, 1.82) is 0 Å². The summed E-state index contributed by atoms with van der Waals surface area (Å²) in [6.07, 6.45) is 0. The second-order valence-electron chi connectivity index (χ2n) is 3.83. The Labute approximate surface area is 119 Å². The Kier molecular flexibility index (Phi) is 3.83. The molecule has 0 fully saturated rings. The van der Waals surface area contributed by atoms with Gasteiger partial charge in [0, 0.05) is 0 Å². The molecular weight excluding hydrogens is 287 g/mol. The van der Waals surface area contributed by atoms with E-state index in [1.807, 2.05) is 0 Å². The van der Waals surface area contributed by atoms with Gasteiger partial charge in [0.1, 0.15) is 0 Å². The highest BCUT2D eigenvalue weighted by Gasteiger charge is 2.09. The van der Waals surface area contributed by atoms with Crippen molar-refractivity contribution in [3.63, 3.8) is 0 Å². The van der Waals surface area contributed by atoms with Gasteiger partial charge in [-0.3, -0.25) is 0 Å². The highest BCUT2D eigenvalue weighted by molar-refractivity contribution is 6.43. The van der Waals surface area contributed by atoms with Crippen molar-refractivity contribution in [2.45, 2.75) is 0 Å². The molecule has 19 heavy (non-hydrogen) atoms. The number of nitrogens with two attached hydrogens (primary N) is 1. The Hall–Kier alpha value is -1.91. The van der Waals surface area contributed by atoms with Gasteiger partial charge >= 0.3 is 5.97 Å². The quantitative estimate of drug-likeness (QED) is 0.748. The van der Waals surface area contributed by atoms with E-state index in [2.05, 4.69) is 5.32 Å². The third kappa shape index (κ3) is 2.92. The van der Waals surface area contributed by atoms with Gasteiger partial charge in [0.15, 0.2) is 0 Å². The zero-order valence-corrected chi connectivity index (χ0v) is 11.2. The summed E-state index contributed by atoms with van der Waals surface area (Å²) in [5.74, 6) is -1.03. The first-order chi connectivity index (χ1) is 8.99. The van der Waals surface area contributed by atoms with E-state index in [9.17, 15) is 4.79 Å². The largest absolute Gasteiger partial charge is 0.478 e. The van der Waals surface area contributed by atoms with E-state index in [0.717, 1.165) is 0 Å². The molecule has 2 aromatic carbocycles. The monoisotopic (exact) mass is 296 g/mol. The van der Waals surface area contributed by atoms with Gasteiger partial charge in [0.05, 0.1) is 32.7 Å². The number of carboxylic acid groups (broad SMARTS) is 1. The number of aromatic carboxylic acids is 1. The Bertz CT molecular complexity index is 645. The molecule has 0 aliphatic carbocycles.